The number of rotatable bonds is 5. The van der Waals surface area contributed by atoms with E-state index in [0.29, 0.717) is 17.4 Å². The Labute approximate surface area is 117 Å². The molecule has 1 aromatic carbocycles. The van der Waals surface area contributed by atoms with Crippen molar-refractivity contribution in [2.24, 2.45) is 0 Å². The van der Waals surface area contributed by atoms with E-state index in [0.717, 1.165) is 11.9 Å². The molecule has 0 aliphatic heterocycles. The van der Waals surface area contributed by atoms with Gasteiger partial charge in [0.1, 0.15) is 6.04 Å². The molecule has 0 fully saturated rings. The topological polar surface area (TPSA) is 97.1 Å². The summed E-state index contributed by atoms with van der Waals surface area (Å²) >= 11 is 0. The Kier molecular flexibility index (Phi) is 3.93. The highest BCUT2D eigenvalue weighted by Crippen LogP contribution is 2.21. The highest BCUT2D eigenvalue weighted by atomic mass is 32.2. The second-order valence-electron chi connectivity index (χ2n) is 4.50. The minimum atomic E-state index is -3.29. The Morgan fingerprint density at radius 2 is 2.00 bits per heavy atom. The summed E-state index contributed by atoms with van der Waals surface area (Å²) in [7, 11) is -3.29. The summed E-state index contributed by atoms with van der Waals surface area (Å²) in [4.78, 5) is 4.14. The molecule has 0 amide bonds. The summed E-state index contributed by atoms with van der Waals surface area (Å²) in [6.07, 6.45) is 1.11. The number of hydrogen-bond acceptors (Lipinski definition) is 6. The molecule has 20 heavy (non-hydrogen) atoms. The van der Waals surface area contributed by atoms with Gasteiger partial charge in [0.15, 0.2) is 5.82 Å². The van der Waals surface area contributed by atoms with Crippen LogP contribution in [0.25, 0.3) is 0 Å². The number of anilines is 2. The maximum Gasteiger partial charge on any atom is 0.248 e. The van der Waals surface area contributed by atoms with Crippen molar-refractivity contribution < 1.29 is 12.9 Å². The first kappa shape index (κ1) is 14.3. The first-order valence-electron chi connectivity index (χ1n) is 5.98. The number of aromatic nitrogens is 2. The van der Waals surface area contributed by atoms with E-state index in [4.69, 9.17) is 4.52 Å². The first-order chi connectivity index (χ1) is 9.33. The minimum Gasteiger partial charge on any atom is -0.374 e. The van der Waals surface area contributed by atoms with Gasteiger partial charge in [0.25, 0.3) is 0 Å². The fourth-order valence-electron chi connectivity index (χ4n) is 1.69. The minimum absolute atomic E-state index is 0.176. The zero-order valence-corrected chi connectivity index (χ0v) is 12.2. The summed E-state index contributed by atoms with van der Waals surface area (Å²) in [5.74, 6) is 1.05. The van der Waals surface area contributed by atoms with E-state index in [-0.39, 0.29) is 6.04 Å². The molecule has 1 aromatic heterocycles. The number of hydrogen-bond donors (Lipinski definition) is 2. The SMILES string of the molecule is Cc1noc([C@H](C)Nc2cccc(NS(C)(=O)=O)c2)n1. The van der Waals surface area contributed by atoms with Gasteiger partial charge in [0, 0.05) is 5.69 Å². The average molecular weight is 296 g/mol. The molecule has 1 atom stereocenters. The van der Waals surface area contributed by atoms with Crippen LogP contribution >= 0.6 is 0 Å². The van der Waals surface area contributed by atoms with Crippen LogP contribution in [0.5, 0.6) is 0 Å². The van der Waals surface area contributed by atoms with E-state index in [2.05, 4.69) is 20.2 Å². The van der Waals surface area contributed by atoms with Crippen molar-refractivity contribution in [3.05, 3.63) is 36.0 Å². The predicted octanol–water partition coefficient (Wildman–Crippen LogP) is 1.92. The zero-order chi connectivity index (χ0) is 14.8. The van der Waals surface area contributed by atoms with E-state index in [1.165, 1.54) is 0 Å². The monoisotopic (exact) mass is 296 g/mol. The largest absolute Gasteiger partial charge is 0.374 e. The third kappa shape index (κ3) is 3.95. The second-order valence-corrected chi connectivity index (χ2v) is 6.25. The van der Waals surface area contributed by atoms with Gasteiger partial charge in [-0.3, -0.25) is 4.72 Å². The standard InChI is InChI=1S/C12H16N4O3S/c1-8(12-14-9(2)15-19-12)13-10-5-4-6-11(7-10)16-20(3,17)18/h4-8,13,16H,1-3H3/t8-/m0/s1. The Hall–Kier alpha value is -2.09. The molecular weight excluding hydrogens is 280 g/mol. The lowest BCUT2D eigenvalue weighted by Gasteiger charge is -2.12. The summed E-state index contributed by atoms with van der Waals surface area (Å²) in [5, 5.41) is 6.89. The Balaban J connectivity index is 2.11. The summed E-state index contributed by atoms with van der Waals surface area (Å²) in [6.45, 7) is 3.62. The molecule has 8 heteroatoms. The summed E-state index contributed by atoms with van der Waals surface area (Å²) < 4.78 is 29.9. The molecule has 2 rings (SSSR count). The van der Waals surface area contributed by atoms with E-state index in [1.54, 1.807) is 25.1 Å². The Bertz CT molecular complexity index is 696. The van der Waals surface area contributed by atoms with E-state index in [9.17, 15) is 8.42 Å². The van der Waals surface area contributed by atoms with Gasteiger partial charge in [-0.1, -0.05) is 11.2 Å². The van der Waals surface area contributed by atoms with Crippen molar-refractivity contribution in [3.63, 3.8) is 0 Å². The van der Waals surface area contributed by atoms with Crippen molar-refractivity contribution in [2.75, 3.05) is 16.3 Å². The van der Waals surface area contributed by atoms with Crippen LogP contribution in [0.2, 0.25) is 0 Å². The van der Waals surface area contributed by atoms with Gasteiger partial charge in [0.2, 0.25) is 15.9 Å². The molecule has 108 valence electrons. The van der Waals surface area contributed by atoms with Gasteiger partial charge in [-0.15, -0.1) is 0 Å². The molecule has 2 N–H and O–H groups in total. The summed E-state index contributed by atoms with van der Waals surface area (Å²) in [5.41, 5.74) is 1.24. The molecule has 1 heterocycles. The Morgan fingerprint density at radius 3 is 2.60 bits per heavy atom. The maximum absolute atomic E-state index is 11.2. The van der Waals surface area contributed by atoms with Crippen LogP contribution in [0.3, 0.4) is 0 Å². The molecular formula is C12H16N4O3S. The van der Waals surface area contributed by atoms with Gasteiger partial charge in [-0.25, -0.2) is 8.42 Å². The molecule has 0 unspecified atom stereocenters. The maximum atomic E-state index is 11.2. The van der Waals surface area contributed by atoms with Crippen molar-refractivity contribution in [2.45, 2.75) is 19.9 Å². The quantitative estimate of drug-likeness (QED) is 0.875. The van der Waals surface area contributed by atoms with Gasteiger partial charge < -0.3 is 9.84 Å². The van der Waals surface area contributed by atoms with E-state index >= 15 is 0 Å². The highest BCUT2D eigenvalue weighted by molar-refractivity contribution is 7.92. The van der Waals surface area contributed by atoms with Crippen LogP contribution in [0.4, 0.5) is 11.4 Å². The van der Waals surface area contributed by atoms with Crippen LogP contribution in [0.15, 0.2) is 28.8 Å². The third-order valence-electron chi connectivity index (χ3n) is 2.46. The molecule has 0 radical (unpaired) electrons. The lowest BCUT2D eigenvalue weighted by atomic mass is 10.2. The first-order valence-corrected chi connectivity index (χ1v) is 7.87. The molecule has 0 aliphatic rings. The van der Waals surface area contributed by atoms with E-state index < -0.39 is 10.0 Å². The Morgan fingerprint density at radius 1 is 1.30 bits per heavy atom. The number of nitrogens with zero attached hydrogens (tertiary/aromatic N) is 2. The van der Waals surface area contributed by atoms with Crippen molar-refractivity contribution in [1.82, 2.24) is 10.1 Å². The van der Waals surface area contributed by atoms with Gasteiger partial charge in [-0.05, 0) is 32.0 Å². The molecule has 0 spiro atoms. The second kappa shape index (κ2) is 5.49. The predicted molar refractivity (Wildman–Crippen MR) is 76.0 cm³/mol. The number of sulfonamides is 1. The molecule has 0 saturated heterocycles. The fourth-order valence-corrected chi connectivity index (χ4v) is 2.24. The van der Waals surface area contributed by atoms with E-state index in [1.807, 2.05) is 13.0 Å². The smallest absolute Gasteiger partial charge is 0.248 e. The molecule has 0 aliphatic carbocycles. The molecule has 0 saturated carbocycles. The lowest BCUT2D eigenvalue weighted by Crippen LogP contribution is -2.10. The molecule has 2 aromatic rings. The van der Waals surface area contributed by atoms with Crippen LogP contribution in [0, 0.1) is 6.92 Å². The van der Waals surface area contributed by atoms with Gasteiger partial charge in [0.05, 0.1) is 11.9 Å². The number of nitrogens with one attached hydrogen (secondary N) is 2. The average Bonchev–Trinajstić information content (AvgIpc) is 2.74. The van der Waals surface area contributed by atoms with Crippen LogP contribution < -0.4 is 10.0 Å². The van der Waals surface area contributed by atoms with Crippen LogP contribution in [-0.2, 0) is 10.0 Å². The normalized spacial score (nSPS) is 12.9. The van der Waals surface area contributed by atoms with Crippen molar-refractivity contribution >= 4 is 21.4 Å². The van der Waals surface area contributed by atoms with Crippen molar-refractivity contribution in [1.29, 1.82) is 0 Å². The highest BCUT2D eigenvalue weighted by Gasteiger charge is 2.12. The molecule has 7 nitrogen and oxygen atoms in total. The van der Waals surface area contributed by atoms with Crippen molar-refractivity contribution in [3.8, 4) is 0 Å². The fraction of sp³-hybridized carbons (Fsp3) is 0.333. The number of benzene rings is 1. The van der Waals surface area contributed by atoms with Crippen LogP contribution in [0.1, 0.15) is 24.7 Å². The number of aryl methyl sites for hydroxylation is 1. The zero-order valence-electron chi connectivity index (χ0n) is 11.4. The molecule has 0 bridgehead atoms. The third-order valence-corrected chi connectivity index (χ3v) is 3.07. The van der Waals surface area contributed by atoms with Gasteiger partial charge in [-0.2, -0.15) is 4.98 Å². The summed E-state index contributed by atoms with van der Waals surface area (Å²) in [6, 6.07) is 6.77. The van der Waals surface area contributed by atoms with Gasteiger partial charge >= 0.3 is 0 Å². The lowest BCUT2D eigenvalue weighted by molar-refractivity contribution is 0.364. The van der Waals surface area contributed by atoms with Crippen LogP contribution in [-0.4, -0.2) is 24.8 Å².